The number of likely N-dealkylation sites (N-methyl/N-ethyl adjacent to an activating group) is 1. The van der Waals surface area contributed by atoms with Crippen LogP contribution in [0.5, 0.6) is 17.2 Å². The second-order valence-electron chi connectivity index (χ2n) is 5.49. The maximum absolute atomic E-state index is 12.3. The second kappa shape index (κ2) is 8.11. The zero-order chi connectivity index (χ0) is 17.6. The number of halogens is 1. The quantitative estimate of drug-likeness (QED) is 0.820. The summed E-state index contributed by atoms with van der Waals surface area (Å²) in [6.45, 7) is 1.90. The van der Waals surface area contributed by atoms with Crippen LogP contribution in [-0.4, -0.2) is 44.3 Å². The fraction of sp³-hybridized carbons (Fsp3) is 0.278. The first-order valence-electron chi connectivity index (χ1n) is 7.92. The van der Waals surface area contributed by atoms with Crippen molar-refractivity contribution in [1.82, 2.24) is 4.90 Å². The molecule has 0 bridgehead atoms. The van der Waals surface area contributed by atoms with Crippen molar-refractivity contribution < 1.29 is 19.0 Å². The Bertz CT molecular complexity index is 739. The topological polar surface area (TPSA) is 60.0 Å². The van der Waals surface area contributed by atoms with Crippen molar-refractivity contribution in [2.75, 3.05) is 38.7 Å². The molecule has 0 saturated carbocycles. The summed E-state index contributed by atoms with van der Waals surface area (Å²) in [6.07, 6.45) is 0. The van der Waals surface area contributed by atoms with Crippen molar-refractivity contribution in [3.05, 3.63) is 46.9 Å². The van der Waals surface area contributed by atoms with E-state index in [0.29, 0.717) is 43.6 Å². The number of benzene rings is 2. The van der Waals surface area contributed by atoms with Crippen LogP contribution in [0.15, 0.2) is 46.9 Å². The lowest BCUT2D eigenvalue weighted by atomic mass is 10.2. The summed E-state index contributed by atoms with van der Waals surface area (Å²) in [4.78, 5) is 13.9. The summed E-state index contributed by atoms with van der Waals surface area (Å²) < 4.78 is 17.4. The molecule has 3 rings (SSSR count). The molecule has 2 amide bonds. The van der Waals surface area contributed by atoms with Crippen LogP contribution in [-0.2, 0) is 0 Å². The number of carbonyl (C=O) groups excluding carboxylic acids is 1. The molecule has 0 spiro atoms. The zero-order valence-electron chi connectivity index (χ0n) is 13.8. The minimum atomic E-state index is -0.228. The Kier molecular flexibility index (Phi) is 5.65. The number of amides is 2. The second-order valence-corrected chi connectivity index (χ2v) is 6.34. The Hall–Kier alpha value is -2.41. The highest BCUT2D eigenvalue weighted by molar-refractivity contribution is 9.10. The van der Waals surface area contributed by atoms with Crippen LogP contribution < -0.4 is 19.5 Å². The van der Waals surface area contributed by atoms with E-state index in [1.54, 1.807) is 24.1 Å². The van der Waals surface area contributed by atoms with Crippen LogP contribution in [0.2, 0.25) is 0 Å². The largest absolute Gasteiger partial charge is 0.492 e. The SMILES string of the molecule is CN(CCOc1ccccc1)C(=O)Nc1cc2c(cc1Br)OCCO2. The monoisotopic (exact) mass is 406 g/mol. The van der Waals surface area contributed by atoms with Crippen molar-refractivity contribution >= 4 is 27.6 Å². The van der Waals surface area contributed by atoms with Crippen LogP contribution in [0, 0.1) is 0 Å². The zero-order valence-corrected chi connectivity index (χ0v) is 15.4. The molecule has 1 heterocycles. The lowest BCUT2D eigenvalue weighted by Gasteiger charge is -2.22. The first-order valence-corrected chi connectivity index (χ1v) is 8.72. The molecule has 2 aromatic carbocycles. The molecule has 2 aromatic rings. The van der Waals surface area contributed by atoms with Gasteiger partial charge in [0.05, 0.1) is 12.2 Å². The van der Waals surface area contributed by atoms with Crippen molar-refractivity contribution in [1.29, 1.82) is 0 Å². The minimum absolute atomic E-state index is 0.228. The van der Waals surface area contributed by atoms with Gasteiger partial charge in [0.25, 0.3) is 0 Å². The van der Waals surface area contributed by atoms with E-state index >= 15 is 0 Å². The molecule has 0 saturated heterocycles. The lowest BCUT2D eigenvalue weighted by molar-refractivity contribution is 0.171. The van der Waals surface area contributed by atoms with Crippen molar-refractivity contribution in [2.24, 2.45) is 0 Å². The summed E-state index contributed by atoms with van der Waals surface area (Å²) in [5, 5.41) is 2.86. The molecule has 1 aliphatic heterocycles. The van der Waals surface area contributed by atoms with Gasteiger partial charge < -0.3 is 24.4 Å². The Morgan fingerprint density at radius 3 is 2.60 bits per heavy atom. The number of hydrogen-bond donors (Lipinski definition) is 1. The molecule has 25 heavy (non-hydrogen) atoms. The molecular weight excluding hydrogens is 388 g/mol. The predicted molar refractivity (Wildman–Crippen MR) is 98.7 cm³/mol. The summed E-state index contributed by atoms with van der Waals surface area (Å²) in [7, 11) is 1.72. The summed E-state index contributed by atoms with van der Waals surface area (Å²) in [5.41, 5.74) is 0.630. The maximum Gasteiger partial charge on any atom is 0.321 e. The van der Waals surface area contributed by atoms with Crippen molar-refractivity contribution in [3.63, 3.8) is 0 Å². The third-order valence-electron chi connectivity index (χ3n) is 3.66. The van der Waals surface area contributed by atoms with Gasteiger partial charge in [-0.05, 0) is 28.1 Å². The normalized spacial score (nSPS) is 12.4. The molecule has 1 aliphatic rings. The van der Waals surface area contributed by atoms with Gasteiger partial charge in [0.15, 0.2) is 11.5 Å². The van der Waals surface area contributed by atoms with Gasteiger partial charge in [0.2, 0.25) is 0 Å². The minimum Gasteiger partial charge on any atom is -0.492 e. The number of nitrogens with zero attached hydrogens (tertiary/aromatic N) is 1. The van der Waals surface area contributed by atoms with E-state index in [4.69, 9.17) is 14.2 Å². The van der Waals surface area contributed by atoms with Crippen molar-refractivity contribution in [3.8, 4) is 17.2 Å². The van der Waals surface area contributed by atoms with Crippen LogP contribution >= 0.6 is 15.9 Å². The molecule has 0 unspecified atom stereocenters. The fourth-order valence-corrected chi connectivity index (χ4v) is 2.71. The molecule has 7 heteroatoms. The lowest BCUT2D eigenvalue weighted by Crippen LogP contribution is -2.34. The van der Waals surface area contributed by atoms with Crippen LogP contribution in [0.25, 0.3) is 0 Å². The Morgan fingerprint density at radius 1 is 1.20 bits per heavy atom. The molecule has 0 radical (unpaired) electrons. The van der Waals surface area contributed by atoms with Gasteiger partial charge in [-0.2, -0.15) is 0 Å². The Balaban J connectivity index is 1.54. The highest BCUT2D eigenvalue weighted by Crippen LogP contribution is 2.38. The number of para-hydroxylation sites is 1. The van der Waals surface area contributed by atoms with E-state index in [-0.39, 0.29) is 6.03 Å². The molecule has 0 aliphatic carbocycles. The standard InChI is InChI=1S/C18H19BrN2O4/c1-21(7-8-23-13-5-3-2-4-6-13)18(22)20-15-12-17-16(11-14(15)19)24-9-10-25-17/h2-6,11-12H,7-10H2,1H3,(H,20,22). The summed E-state index contributed by atoms with van der Waals surface area (Å²) >= 11 is 3.44. The molecular formula is C18H19BrN2O4. The number of hydrogen-bond acceptors (Lipinski definition) is 4. The van der Waals surface area contributed by atoms with Gasteiger partial charge in [0.1, 0.15) is 25.6 Å². The maximum atomic E-state index is 12.3. The number of anilines is 1. The summed E-state index contributed by atoms with van der Waals surface area (Å²) in [6, 6.07) is 12.8. The Morgan fingerprint density at radius 2 is 1.88 bits per heavy atom. The average Bonchev–Trinajstić information content (AvgIpc) is 2.63. The third kappa shape index (κ3) is 4.57. The first kappa shape index (κ1) is 17.4. The highest BCUT2D eigenvalue weighted by Gasteiger charge is 2.17. The predicted octanol–water partition coefficient (Wildman–Crippen LogP) is 3.76. The third-order valence-corrected chi connectivity index (χ3v) is 4.31. The molecule has 0 aromatic heterocycles. The van der Waals surface area contributed by atoms with Gasteiger partial charge in [-0.3, -0.25) is 0 Å². The molecule has 0 fully saturated rings. The van der Waals surface area contributed by atoms with Gasteiger partial charge in [-0.15, -0.1) is 0 Å². The average molecular weight is 407 g/mol. The van der Waals surface area contributed by atoms with Gasteiger partial charge >= 0.3 is 6.03 Å². The summed E-state index contributed by atoms with van der Waals surface area (Å²) in [5.74, 6) is 2.08. The molecule has 0 atom stereocenters. The Labute approximate surface area is 154 Å². The van der Waals surface area contributed by atoms with E-state index in [0.717, 1.165) is 10.2 Å². The highest BCUT2D eigenvalue weighted by atomic mass is 79.9. The van der Waals surface area contributed by atoms with Gasteiger partial charge in [0, 0.05) is 23.7 Å². The van der Waals surface area contributed by atoms with Crippen LogP contribution in [0.3, 0.4) is 0 Å². The van der Waals surface area contributed by atoms with Crippen LogP contribution in [0.1, 0.15) is 0 Å². The first-order chi connectivity index (χ1) is 12.1. The number of rotatable bonds is 5. The number of carbonyl (C=O) groups is 1. The molecule has 6 nitrogen and oxygen atoms in total. The fourth-order valence-electron chi connectivity index (χ4n) is 2.29. The van der Waals surface area contributed by atoms with Gasteiger partial charge in [-0.1, -0.05) is 18.2 Å². The van der Waals surface area contributed by atoms with E-state index in [1.165, 1.54) is 0 Å². The molecule has 132 valence electrons. The number of ether oxygens (including phenoxy) is 3. The van der Waals surface area contributed by atoms with E-state index in [2.05, 4.69) is 21.2 Å². The molecule has 1 N–H and O–H groups in total. The van der Waals surface area contributed by atoms with Gasteiger partial charge in [-0.25, -0.2) is 4.79 Å². The van der Waals surface area contributed by atoms with E-state index < -0.39 is 0 Å². The number of urea groups is 1. The van der Waals surface area contributed by atoms with E-state index in [1.807, 2.05) is 30.3 Å². The number of fused-ring (bicyclic) bond motifs is 1. The van der Waals surface area contributed by atoms with Crippen LogP contribution in [0.4, 0.5) is 10.5 Å². The smallest absolute Gasteiger partial charge is 0.321 e. The number of nitrogens with one attached hydrogen (secondary N) is 1. The van der Waals surface area contributed by atoms with E-state index in [9.17, 15) is 4.79 Å². The van der Waals surface area contributed by atoms with Crippen molar-refractivity contribution in [2.45, 2.75) is 0 Å².